The Labute approximate surface area is 139 Å². The minimum absolute atomic E-state index is 0.169. The first-order valence-corrected chi connectivity index (χ1v) is 7.56. The van der Waals surface area contributed by atoms with Crippen LogP contribution in [0.2, 0.25) is 0 Å². The van der Waals surface area contributed by atoms with Crippen LogP contribution in [0.3, 0.4) is 0 Å². The molecule has 24 heavy (non-hydrogen) atoms. The van der Waals surface area contributed by atoms with Crippen LogP contribution in [0.15, 0.2) is 66.9 Å². The molecule has 1 amide bonds. The third kappa shape index (κ3) is 3.41. The van der Waals surface area contributed by atoms with Crippen molar-refractivity contribution in [1.82, 2.24) is 4.98 Å². The molecule has 0 aliphatic carbocycles. The molecule has 0 bridgehead atoms. The Kier molecular flexibility index (Phi) is 4.52. The fourth-order valence-corrected chi connectivity index (χ4v) is 2.33. The molecule has 3 aromatic rings. The summed E-state index contributed by atoms with van der Waals surface area (Å²) in [6.07, 6.45) is 0.565. The number of benzene rings is 2. The van der Waals surface area contributed by atoms with Gasteiger partial charge in [0.15, 0.2) is 6.10 Å². The normalized spacial score (nSPS) is 11.7. The van der Waals surface area contributed by atoms with E-state index in [0.29, 0.717) is 5.69 Å². The molecular formula is C19H16N2O3. The van der Waals surface area contributed by atoms with Gasteiger partial charge >= 0.3 is 5.97 Å². The molecule has 1 N–H and O–H groups in total. The van der Waals surface area contributed by atoms with E-state index in [1.807, 2.05) is 42.5 Å². The van der Waals surface area contributed by atoms with Gasteiger partial charge in [-0.3, -0.25) is 4.79 Å². The summed E-state index contributed by atoms with van der Waals surface area (Å²) in [5, 5.41) is 4.75. The quantitative estimate of drug-likeness (QED) is 0.748. The maximum absolute atomic E-state index is 12.3. The molecule has 120 valence electrons. The number of nitrogens with zero attached hydrogens (tertiary/aromatic N) is 1. The minimum atomic E-state index is -0.932. The van der Waals surface area contributed by atoms with Gasteiger partial charge in [-0.1, -0.05) is 42.5 Å². The number of ether oxygens (including phenoxy) is 1. The maximum atomic E-state index is 12.3. The third-order valence-electron chi connectivity index (χ3n) is 3.57. The fourth-order valence-electron chi connectivity index (χ4n) is 2.33. The average Bonchev–Trinajstić information content (AvgIpc) is 2.62. The number of carbonyl (C=O) groups is 2. The molecular weight excluding hydrogens is 304 g/mol. The van der Waals surface area contributed by atoms with Crippen molar-refractivity contribution >= 4 is 28.3 Å². The van der Waals surface area contributed by atoms with Crippen molar-refractivity contribution in [3.05, 3.63) is 72.6 Å². The lowest BCUT2D eigenvalue weighted by atomic mass is 10.1. The van der Waals surface area contributed by atoms with Gasteiger partial charge in [0.05, 0.1) is 0 Å². The molecule has 2 aromatic carbocycles. The number of rotatable bonds is 4. The van der Waals surface area contributed by atoms with Crippen molar-refractivity contribution in [2.75, 3.05) is 5.32 Å². The highest BCUT2D eigenvalue weighted by atomic mass is 16.5. The van der Waals surface area contributed by atoms with Gasteiger partial charge in [-0.2, -0.15) is 0 Å². The van der Waals surface area contributed by atoms with E-state index in [4.69, 9.17) is 4.74 Å². The second-order valence-corrected chi connectivity index (χ2v) is 5.28. The molecule has 0 saturated heterocycles. The van der Waals surface area contributed by atoms with E-state index in [2.05, 4.69) is 10.3 Å². The lowest BCUT2D eigenvalue weighted by Gasteiger charge is -2.14. The zero-order valence-electron chi connectivity index (χ0n) is 13.1. The van der Waals surface area contributed by atoms with E-state index < -0.39 is 18.0 Å². The smallest absolute Gasteiger partial charge is 0.357 e. The molecule has 0 unspecified atom stereocenters. The topological polar surface area (TPSA) is 68.3 Å². The number of carbonyl (C=O) groups excluding carboxylic acids is 2. The molecule has 1 atom stereocenters. The van der Waals surface area contributed by atoms with Gasteiger partial charge in [-0.25, -0.2) is 9.78 Å². The van der Waals surface area contributed by atoms with Gasteiger partial charge in [0.25, 0.3) is 5.91 Å². The average molecular weight is 320 g/mol. The van der Waals surface area contributed by atoms with Crippen molar-refractivity contribution in [3.8, 4) is 0 Å². The van der Waals surface area contributed by atoms with Gasteiger partial charge in [0.2, 0.25) is 0 Å². The van der Waals surface area contributed by atoms with Crippen LogP contribution < -0.4 is 5.32 Å². The Morgan fingerprint density at radius 2 is 1.75 bits per heavy atom. The van der Waals surface area contributed by atoms with Gasteiger partial charge in [0, 0.05) is 17.3 Å². The van der Waals surface area contributed by atoms with Crippen molar-refractivity contribution in [1.29, 1.82) is 0 Å². The van der Waals surface area contributed by atoms with E-state index in [9.17, 15) is 9.59 Å². The van der Waals surface area contributed by atoms with Gasteiger partial charge < -0.3 is 10.1 Å². The highest BCUT2D eigenvalue weighted by Gasteiger charge is 2.20. The van der Waals surface area contributed by atoms with Crippen LogP contribution in [0.5, 0.6) is 0 Å². The number of nitrogens with one attached hydrogen (secondary N) is 1. The minimum Gasteiger partial charge on any atom is -0.448 e. The van der Waals surface area contributed by atoms with Crippen molar-refractivity contribution in [2.24, 2.45) is 0 Å². The van der Waals surface area contributed by atoms with Gasteiger partial charge in [-0.15, -0.1) is 0 Å². The van der Waals surface area contributed by atoms with Crippen LogP contribution >= 0.6 is 0 Å². The second-order valence-electron chi connectivity index (χ2n) is 5.28. The molecule has 0 spiro atoms. The first-order chi connectivity index (χ1) is 11.6. The van der Waals surface area contributed by atoms with Crippen LogP contribution in [0.25, 0.3) is 10.8 Å². The molecule has 1 heterocycles. The molecule has 3 rings (SSSR count). The molecule has 0 aliphatic heterocycles. The lowest BCUT2D eigenvalue weighted by molar-refractivity contribution is -0.123. The van der Waals surface area contributed by atoms with Crippen molar-refractivity contribution < 1.29 is 14.3 Å². The Morgan fingerprint density at radius 1 is 1.00 bits per heavy atom. The SMILES string of the molecule is C[C@@H](OC(=O)c1ccccn1)C(=O)Nc1cccc2ccccc12. The molecule has 0 fully saturated rings. The van der Waals surface area contributed by atoms with Crippen LogP contribution in [0.1, 0.15) is 17.4 Å². The van der Waals surface area contributed by atoms with Crippen LogP contribution in [0.4, 0.5) is 5.69 Å². The molecule has 0 radical (unpaired) electrons. The van der Waals surface area contributed by atoms with E-state index in [1.165, 1.54) is 19.2 Å². The lowest BCUT2D eigenvalue weighted by Crippen LogP contribution is -2.30. The number of aromatic nitrogens is 1. The largest absolute Gasteiger partial charge is 0.448 e. The summed E-state index contributed by atoms with van der Waals surface area (Å²) in [6, 6.07) is 18.3. The van der Waals surface area contributed by atoms with E-state index in [0.717, 1.165) is 10.8 Å². The Hall–Kier alpha value is -3.21. The zero-order valence-corrected chi connectivity index (χ0v) is 13.1. The molecule has 1 aromatic heterocycles. The summed E-state index contributed by atoms with van der Waals surface area (Å²) in [4.78, 5) is 28.2. The molecule has 0 aliphatic rings. The van der Waals surface area contributed by atoms with Crippen LogP contribution in [-0.4, -0.2) is 23.0 Å². The number of fused-ring (bicyclic) bond motifs is 1. The molecule has 5 nitrogen and oxygen atoms in total. The van der Waals surface area contributed by atoms with Crippen molar-refractivity contribution in [2.45, 2.75) is 13.0 Å². The maximum Gasteiger partial charge on any atom is 0.357 e. The highest BCUT2D eigenvalue weighted by molar-refractivity contribution is 6.04. The predicted octanol–water partition coefficient (Wildman–Crippen LogP) is 3.42. The number of anilines is 1. The van der Waals surface area contributed by atoms with Gasteiger partial charge in [0.1, 0.15) is 5.69 Å². The summed E-state index contributed by atoms with van der Waals surface area (Å²) in [5.41, 5.74) is 0.848. The number of esters is 1. The first kappa shape index (κ1) is 15.7. The number of pyridine rings is 1. The molecule has 0 saturated carbocycles. The van der Waals surface area contributed by atoms with Crippen LogP contribution in [0, 0.1) is 0 Å². The van der Waals surface area contributed by atoms with Gasteiger partial charge in [-0.05, 0) is 30.5 Å². The highest BCUT2D eigenvalue weighted by Crippen LogP contribution is 2.23. The Morgan fingerprint density at radius 3 is 2.54 bits per heavy atom. The summed E-state index contributed by atoms with van der Waals surface area (Å²) < 4.78 is 5.17. The standard InChI is InChI=1S/C19H16N2O3/c1-13(24-19(23)17-10-4-5-12-20-17)18(22)21-16-11-6-8-14-7-2-3-9-15(14)16/h2-13H,1H3,(H,21,22)/t13-/m1/s1. The fraction of sp³-hybridized carbons (Fsp3) is 0.105. The number of hydrogen-bond donors (Lipinski definition) is 1. The zero-order chi connectivity index (χ0) is 16.9. The first-order valence-electron chi connectivity index (χ1n) is 7.56. The summed E-state index contributed by atoms with van der Waals surface area (Å²) >= 11 is 0. The molecule has 5 heteroatoms. The predicted molar refractivity (Wildman–Crippen MR) is 91.7 cm³/mol. The van der Waals surface area contributed by atoms with Crippen molar-refractivity contribution in [3.63, 3.8) is 0 Å². The number of amides is 1. The van der Waals surface area contributed by atoms with E-state index >= 15 is 0 Å². The van der Waals surface area contributed by atoms with E-state index in [1.54, 1.807) is 12.1 Å². The Balaban J connectivity index is 1.71. The van der Waals surface area contributed by atoms with Crippen LogP contribution in [-0.2, 0) is 9.53 Å². The summed E-state index contributed by atoms with van der Waals surface area (Å²) in [5.74, 6) is -1.02. The second kappa shape index (κ2) is 6.91. The monoisotopic (exact) mass is 320 g/mol. The summed E-state index contributed by atoms with van der Waals surface area (Å²) in [6.45, 7) is 1.53. The third-order valence-corrected chi connectivity index (χ3v) is 3.57. The van der Waals surface area contributed by atoms with E-state index in [-0.39, 0.29) is 5.69 Å². The Bertz CT molecular complexity index is 873. The number of hydrogen-bond acceptors (Lipinski definition) is 4. The summed E-state index contributed by atoms with van der Waals surface area (Å²) in [7, 11) is 0.